The van der Waals surface area contributed by atoms with Gasteiger partial charge in [0.05, 0.1) is 0 Å². The van der Waals surface area contributed by atoms with E-state index in [1.807, 2.05) is 0 Å². The first-order valence-electron chi connectivity index (χ1n) is 5.26. The van der Waals surface area contributed by atoms with E-state index in [9.17, 15) is 0 Å². The molecule has 0 radical (unpaired) electrons. The first-order valence-corrected chi connectivity index (χ1v) is 5.26. The van der Waals surface area contributed by atoms with Crippen molar-refractivity contribution >= 4 is 0 Å². The Morgan fingerprint density at radius 1 is 0.833 bits per heavy atom. The fraction of sp³-hybridized carbons (Fsp3) is 1.00. The number of nitrogens with two attached hydrogens (primary N) is 1. The maximum absolute atomic E-state index is 5.06. The van der Waals surface area contributed by atoms with Gasteiger partial charge in [-0.2, -0.15) is 0 Å². The number of nitrogens with one attached hydrogen (secondary N) is 1. The molecule has 2 heteroatoms. The standard InChI is InChI=1S/C6H16N2.C4H10/c1-2-3-4-5-6-8-7;1-3-4-2/h8H,2-7H2,1H3;3-4H2,1-2H3. The number of hydrazine groups is 1. The van der Waals surface area contributed by atoms with Crippen LogP contribution < -0.4 is 11.3 Å². The molecule has 12 heavy (non-hydrogen) atoms. The van der Waals surface area contributed by atoms with Crippen LogP contribution in [0.3, 0.4) is 0 Å². The molecule has 0 bridgehead atoms. The van der Waals surface area contributed by atoms with Crippen molar-refractivity contribution < 1.29 is 0 Å². The zero-order chi connectivity index (χ0) is 9.66. The van der Waals surface area contributed by atoms with Crippen molar-refractivity contribution in [3.8, 4) is 0 Å². The zero-order valence-electron chi connectivity index (χ0n) is 9.03. The summed E-state index contributed by atoms with van der Waals surface area (Å²) in [7, 11) is 0. The minimum absolute atomic E-state index is 0.958. The molecule has 0 saturated heterocycles. The van der Waals surface area contributed by atoms with Crippen molar-refractivity contribution in [3.05, 3.63) is 0 Å². The Morgan fingerprint density at radius 2 is 1.42 bits per heavy atom. The van der Waals surface area contributed by atoms with Crippen molar-refractivity contribution in [3.63, 3.8) is 0 Å². The van der Waals surface area contributed by atoms with Crippen molar-refractivity contribution in [1.82, 2.24) is 5.43 Å². The molecule has 0 rings (SSSR count). The predicted octanol–water partition coefficient (Wildman–Crippen LogP) is 2.84. The lowest BCUT2D eigenvalue weighted by atomic mass is 10.2. The molecular formula is C10H26N2. The summed E-state index contributed by atoms with van der Waals surface area (Å²) in [6, 6.07) is 0. The summed E-state index contributed by atoms with van der Waals surface area (Å²) < 4.78 is 0. The third kappa shape index (κ3) is 22.5. The minimum atomic E-state index is 0.958. The SMILES string of the molecule is CCCC.CCCCCCNN. The number of hydrogen-bond acceptors (Lipinski definition) is 2. The number of hydrogen-bond donors (Lipinski definition) is 2. The molecule has 0 spiro atoms. The smallest absolute Gasteiger partial charge is 0.00974 e. The van der Waals surface area contributed by atoms with E-state index < -0.39 is 0 Å². The summed E-state index contributed by atoms with van der Waals surface area (Å²) in [4.78, 5) is 0. The Bertz CT molecular complexity index is 47.8. The molecule has 2 nitrogen and oxygen atoms in total. The highest BCUT2D eigenvalue weighted by atomic mass is 15.2. The van der Waals surface area contributed by atoms with Gasteiger partial charge in [0.1, 0.15) is 0 Å². The fourth-order valence-corrected chi connectivity index (χ4v) is 0.654. The Hall–Kier alpha value is -0.0800. The molecule has 0 aromatic heterocycles. The van der Waals surface area contributed by atoms with E-state index in [1.165, 1.54) is 38.5 Å². The molecule has 0 aromatic carbocycles. The van der Waals surface area contributed by atoms with Crippen LogP contribution in [0.2, 0.25) is 0 Å². The third-order valence-corrected chi connectivity index (χ3v) is 1.67. The summed E-state index contributed by atoms with van der Waals surface area (Å²) in [6.07, 6.45) is 7.79. The van der Waals surface area contributed by atoms with E-state index in [0.29, 0.717) is 0 Å². The van der Waals surface area contributed by atoms with E-state index in [1.54, 1.807) is 0 Å². The van der Waals surface area contributed by atoms with Gasteiger partial charge >= 0.3 is 0 Å². The minimum Gasteiger partial charge on any atom is -0.271 e. The molecule has 76 valence electrons. The Labute approximate surface area is 77.9 Å². The van der Waals surface area contributed by atoms with E-state index in [4.69, 9.17) is 5.84 Å². The van der Waals surface area contributed by atoms with Gasteiger partial charge in [-0.25, -0.2) is 0 Å². The Morgan fingerprint density at radius 3 is 1.75 bits per heavy atom. The lowest BCUT2D eigenvalue weighted by molar-refractivity contribution is 0.613. The van der Waals surface area contributed by atoms with Crippen LogP contribution >= 0.6 is 0 Å². The van der Waals surface area contributed by atoms with Gasteiger partial charge in [0.2, 0.25) is 0 Å². The van der Waals surface area contributed by atoms with Gasteiger partial charge < -0.3 is 0 Å². The molecule has 0 unspecified atom stereocenters. The zero-order valence-corrected chi connectivity index (χ0v) is 9.03. The average molecular weight is 174 g/mol. The topological polar surface area (TPSA) is 38.0 Å². The maximum atomic E-state index is 5.06. The molecule has 0 saturated carbocycles. The molecule has 0 fully saturated rings. The van der Waals surface area contributed by atoms with Crippen molar-refractivity contribution in [2.24, 2.45) is 5.84 Å². The molecule has 0 aliphatic heterocycles. The van der Waals surface area contributed by atoms with E-state index >= 15 is 0 Å². The van der Waals surface area contributed by atoms with Gasteiger partial charge in [-0.1, -0.05) is 52.9 Å². The van der Waals surface area contributed by atoms with Crippen LogP contribution in [-0.4, -0.2) is 6.54 Å². The summed E-state index contributed by atoms with van der Waals surface area (Å²) in [5, 5.41) is 0. The summed E-state index contributed by atoms with van der Waals surface area (Å²) in [5.41, 5.74) is 2.63. The van der Waals surface area contributed by atoms with Crippen molar-refractivity contribution in [1.29, 1.82) is 0 Å². The first kappa shape index (κ1) is 14.4. The van der Waals surface area contributed by atoms with Crippen LogP contribution in [0.15, 0.2) is 0 Å². The highest BCUT2D eigenvalue weighted by Crippen LogP contribution is 1.95. The molecule has 0 aliphatic rings. The number of rotatable bonds is 6. The summed E-state index contributed by atoms with van der Waals surface area (Å²) in [5.74, 6) is 5.06. The van der Waals surface area contributed by atoms with Crippen molar-refractivity contribution in [2.75, 3.05) is 6.54 Å². The van der Waals surface area contributed by atoms with Gasteiger partial charge in [-0.05, 0) is 6.42 Å². The molecule has 0 atom stereocenters. The second-order valence-electron chi connectivity index (χ2n) is 3.01. The average Bonchev–Trinajstić information content (AvgIpc) is 2.13. The Kier molecular flexibility index (Phi) is 20.6. The van der Waals surface area contributed by atoms with Gasteiger partial charge in [-0.15, -0.1) is 0 Å². The first-order chi connectivity index (χ1) is 5.83. The van der Waals surface area contributed by atoms with Gasteiger partial charge in [-0.3, -0.25) is 11.3 Å². The highest BCUT2D eigenvalue weighted by Gasteiger charge is 1.82. The van der Waals surface area contributed by atoms with Crippen LogP contribution in [-0.2, 0) is 0 Å². The van der Waals surface area contributed by atoms with Gasteiger partial charge in [0.25, 0.3) is 0 Å². The van der Waals surface area contributed by atoms with Gasteiger partial charge in [0, 0.05) is 6.54 Å². The molecule has 3 N–H and O–H groups in total. The molecule has 0 aromatic rings. The van der Waals surface area contributed by atoms with Gasteiger partial charge in [0.15, 0.2) is 0 Å². The van der Waals surface area contributed by atoms with Crippen LogP contribution in [0.1, 0.15) is 59.3 Å². The fourth-order valence-electron chi connectivity index (χ4n) is 0.654. The lowest BCUT2D eigenvalue weighted by Crippen LogP contribution is -2.22. The number of unbranched alkanes of at least 4 members (excludes halogenated alkanes) is 4. The maximum Gasteiger partial charge on any atom is 0.00974 e. The normalized spacial score (nSPS) is 9.00. The molecular weight excluding hydrogens is 148 g/mol. The quantitative estimate of drug-likeness (QED) is 0.369. The van der Waals surface area contributed by atoms with E-state index in [2.05, 4.69) is 26.2 Å². The van der Waals surface area contributed by atoms with E-state index in [0.717, 1.165) is 6.54 Å². The largest absolute Gasteiger partial charge is 0.271 e. The lowest BCUT2D eigenvalue weighted by Gasteiger charge is -1.95. The van der Waals surface area contributed by atoms with Crippen LogP contribution in [0.25, 0.3) is 0 Å². The monoisotopic (exact) mass is 174 g/mol. The second kappa shape index (κ2) is 17.1. The van der Waals surface area contributed by atoms with Crippen LogP contribution in [0.4, 0.5) is 0 Å². The summed E-state index contributed by atoms with van der Waals surface area (Å²) in [6.45, 7) is 7.52. The molecule has 0 aliphatic carbocycles. The molecule has 0 amide bonds. The second-order valence-corrected chi connectivity index (χ2v) is 3.01. The summed E-state index contributed by atoms with van der Waals surface area (Å²) >= 11 is 0. The Balaban J connectivity index is 0. The van der Waals surface area contributed by atoms with Crippen LogP contribution in [0.5, 0.6) is 0 Å². The van der Waals surface area contributed by atoms with E-state index in [-0.39, 0.29) is 0 Å². The predicted molar refractivity (Wildman–Crippen MR) is 56.9 cm³/mol. The molecule has 0 heterocycles. The highest BCUT2D eigenvalue weighted by molar-refractivity contribution is 4.40. The van der Waals surface area contributed by atoms with Crippen molar-refractivity contribution in [2.45, 2.75) is 59.3 Å². The van der Waals surface area contributed by atoms with Crippen LogP contribution in [0, 0.1) is 0 Å². The third-order valence-electron chi connectivity index (χ3n) is 1.67.